The Hall–Kier alpha value is -2.62. The van der Waals surface area contributed by atoms with Crippen LogP contribution in [-0.2, 0) is 6.42 Å². The number of carbonyl (C=O) groups is 2. The molecule has 3 rings (SSSR count). The van der Waals surface area contributed by atoms with E-state index in [0.717, 1.165) is 31.5 Å². The highest BCUT2D eigenvalue weighted by Crippen LogP contribution is 2.33. The normalized spacial score (nSPS) is 15.7. The molecule has 2 amide bonds. The second kappa shape index (κ2) is 7.73. The number of hydrogen-bond donors (Lipinski definition) is 0. The first-order chi connectivity index (χ1) is 12.5. The Labute approximate surface area is 155 Å². The van der Waals surface area contributed by atoms with E-state index in [0.29, 0.717) is 11.1 Å². The first-order valence-corrected chi connectivity index (χ1v) is 9.30. The lowest BCUT2D eigenvalue weighted by Gasteiger charge is -2.23. The molecule has 1 aliphatic rings. The van der Waals surface area contributed by atoms with Gasteiger partial charge >= 0.3 is 0 Å². The molecule has 0 spiro atoms. The molecule has 4 nitrogen and oxygen atoms in total. The monoisotopic (exact) mass is 350 g/mol. The third-order valence-electron chi connectivity index (χ3n) is 5.00. The van der Waals surface area contributed by atoms with Gasteiger partial charge in [-0.1, -0.05) is 31.5 Å². The lowest BCUT2D eigenvalue weighted by atomic mass is 10.1. The van der Waals surface area contributed by atoms with Crippen LogP contribution in [-0.4, -0.2) is 36.3 Å². The van der Waals surface area contributed by atoms with Crippen LogP contribution in [0.15, 0.2) is 48.5 Å². The average molecular weight is 350 g/mol. The number of carbonyl (C=O) groups excluding carboxylic acids is 2. The second-order valence-corrected chi connectivity index (χ2v) is 7.01. The number of benzene rings is 2. The van der Waals surface area contributed by atoms with Gasteiger partial charge in [-0.05, 0) is 55.7 Å². The minimum atomic E-state index is -0.0132. The highest BCUT2D eigenvalue weighted by atomic mass is 16.2. The van der Waals surface area contributed by atoms with Gasteiger partial charge in [0.15, 0.2) is 0 Å². The molecule has 0 fully saturated rings. The molecule has 1 atom stereocenters. The molecule has 1 heterocycles. The number of fused-ring (bicyclic) bond motifs is 1. The summed E-state index contributed by atoms with van der Waals surface area (Å²) in [5, 5.41) is 0. The van der Waals surface area contributed by atoms with Crippen LogP contribution < -0.4 is 4.90 Å². The van der Waals surface area contributed by atoms with Gasteiger partial charge in [-0.25, -0.2) is 0 Å². The van der Waals surface area contributed by atoms with Gasteiger partial charge in [0.2, 0.25) is 0 Å². The molecule has 0 aromatic heterocycles. The molecule has 136 valence electrons. The maximum absolute atomic E-state index is 13.0. The van der Waals surface area contributed by atoms with Gasteiger partial charge in [-0.3, -0.25) is 9.59 Å². The first kappa shape index (κ1) is 18.2. The summed E-state index contributed by atoms with van der Waals surface area (Å²) < 4.78 is 0. The SMILES string of the molecule is CCCCN(C)C(=O)c1ccc(C(=O)N2c3ccccc3CC2C)cc1. The standard InChI is InChI=1S/C22H26N2O2/c1-4-5-14-23(3)21(25)17-10-12-18(13-11-17)22(26)24-16(2)15-19-8-6-7-9-20(19)24/h6-13,16H,4-5,14-15H2,1-3H3. The number of rotatable bonds is 5. The molecule has 0 saturated carbocycles. The van der Waals surface area contributed by atoms with Crippen LogP contribution in [0.25, 0.3) is 0 Å². The average Bonchev–Trinajstić information content (AvgIpc) is 3.00. The van der Waals surface area contributed by atoms with Crippen molar-refractivity contribution in [2.45, 2.75) is 39.2 Å². The molecule has 1 unspecified atom stereocenters. The molecular formula is C22H26N2O2. The second-order valence-electron chi connectivity index (χ2n) is 7.01. The van der Waals surface area contributed by atoms with E-state index in [-0.39, 0.29) is 17.9 Å². The van der Waals surface area contributed by atoms with Crippen molar-refractivity contribution in [2.75, 3.05) is 18.5 Å². The summed E-state index contributed by atoms with van der Waals surface area (Å²) in [4.78, 5) is 29.0. The summed E-state index contributed by atoms with van der Waals surface area (Å²) in [5.41, 5.74) is 3.43. The highest BCUT2D eigenvalue weighted by molar-refractivity contribution is 6.08. The minimum absolute atomic E-state index is 0.00247. The lowest BCUT2D eigenvalue weighted by molar-refractivity contribution is 0.0792. The summed E-state index contributed by atoms with van der Waals surface area (Å²) in [6, 6.07) is 15.2. The van der Waals surface area contributed by atoms with Gasteiger partial charge in [0.05, 0.1) is 0 Å². The van der Waals surface area contributed by atoms with Gasteiger partial charge in [0.25, 0.3) is 11.8 Å². The Bertz CT molecular complexity index is 798. The molecule has 4 heteroatoms. The van der Waals surface area contributed by atoms with E-state index in [1.807, 2.05) is 30.1 Å². The molecule has 0 aliphatic carbocycles. The Morgan fingerprint density at radius 2 is 1.73 bits per heavy atom. The van der Waals surface area contributed by atoms with Crippen LogP contribution in [0.3, 0.4) is 0 Å². The van der Waals surface area contributed by atoms with E-state index in [1.165, 1.54) is 5.56 Å². The fraction of sp³-hybridized carbons (Fsp3) is 0.364. The van der Waals surface area contributed by atoms with Crippen molar-refractivity contribution < 1.29 is 9.59 Å². The maximum Gasteiger partial charge on any atom is 0.258 e. The number of hydrogen-bond acceptors (Lipinski definition) is 2. The largest absolute Gasteiger partial charge is 0.342 e. The number of anilines is 1. The zero-order valence-electron chi connectivity index (χ0n) is 15.7. The third-order valence-corrected chi connectivity index (χ3v) is 5.00. The lowest BCUT2D eigenvalue weighted by Crippen LogP contribution is -2.35. The van der Waals surface area contributed by atoms with E-state index < -0.39 is 0 Å². The molecule has 2 aromatic rings. The quantitative estimate of drug-likeness (QED) is 0.813. The summed E-state index contributed by atoms with van der Waals surface area (Å²) >= 11 is 0. The Morgan fingerprint density at radius 1 is 1.08 bits per heavy atom. The van der Waals surface area contributed by atoms with Gasteiger partial charge in [0.1, 0.15) is 0 Å². The summed E-state index contributed by atoms with van der Waals surface area (Å²) in [5.74, 6) is -0.0156. The molecular weight excluding hydrogens is 324 g/mol. The number of nitrogens with zero attached hydrogens (tertiary/aromatic N) is 2. The molecule has 0 N–H and O–H groups in total. The van der Waals surface area contributed by atoms with E-state index in [2.05, 4.69) is 19.9 Å². The summed E-state index contributed by atoms with van der Waals surface area (Å²) in [6.45, 7) is 4.92. The summed E-state index contributed by atoms with van der Waals surface area (Å²) in [7, 11) is 1.82. The van der Waals surface area contributed by atoms with Crippen LogP contribution in [0.4, 0.5) is 5.69 Å². The number of unbranched alkanes of at least 4 members (excludes halogenated alkanes) is 1. The highest BCUT2D eigenvalue weighted by Gasteiger charge is 2.31. The van der Waals surface area contributed by atoms with Crippen molar-refractivity contribution in [3.05, 3.63) is 65.2 Å². The zero-order chi connectivity index (χ0) is 18.7. The van der Waals surface area contributed by atoms with E-state index in [9.17, 15) is 9.59 Å². The Morgan fingerprint density at radius 3 is 2.42 bits per heavy atom. The van der Waals surface area contributed by atoms with Crippen molar-refractivity contribution in [1.29, 1.82) is 0 Å². The maximum atomic E-state index is 13.0. The van der Waals surface area contributed by atoms with Crippen LogP contribution in [0.2, 0.25) is 0 Å². The topological polar surface area (TPSA) is 40.6 Å². The van der Waals surface area contributed by atoms with Gasteiger partial charge in [-0.2, -0.15) is 0 Å². The van der Waals surface area contributed by atoms with Gasteiger partial charge < -0.3 is 9.80 Å². The fourth-order valence-corrected chi connectivity index (χ4v) is 3.49. The van der Waals surface area contributed by atoms with E-state index in [4.69, 9.17) is 0 Å². The molecule has 0 bridgehead atoms. The predicted molar refractivity (Wildman–Crippen MR) is 105 cm³/mol. The predicted octanol–water partition coefficient (Wildman–Crippen LogP) is 4.15. The smallest absolute Gasteiger partial charge is 0.258 e. The van der Waals surface area contributed by atoms with Crippen LogP contribution in [0, 0.1) is 0 Å². The third kappa shape index (κ3) is 3.50. The first-order valence-electron chi connectivity index (χ1n) is 9.30. The summed E-state index contributed by atoms with van der Waals surface area (Å²) in [6.07, 6.45) is 2.92. The molecule has 0 radical (unpaired) electrons. The van der Waals surface area contributed by atoms with Gasteiger partial charge in [0, 0.05) is 36.4 Å². The van der Waals surface area contributed by atoms with E-state index in [1.54, 1.807) is 29.2 Å². The molecule has 1 aliphatic heterocycles. The molecule has 26 heavy (non-hydrogen) atoms. The Kier molecular flexibility index (Phi) is 5.40. The van der Waals surface area contributed by atoms with Gasteiger partial charge in [-0.15, -0.1) is 0 Å². The van der Waals surface area contributed by atoms with Crippen LogP contribution in [0.1, 0.15) is 53.0 Å². The van der Waals surface area contributed by atoms with Crippen molar-refractivity contribution in [1.82, 2.24) is 4.90 Å². The minimum Gasteiger partial charge on any atom is -0.342 e. The molecule has 2 aromatic carbocycles. The Balaban J connectivity index is 1.77. The zero-order valence-corrected chi connectivity index (χ0v) is 15.7. The van der Waals surface area contributed by atoms with Crippen molar-refractivity contribution in [3.63, 3.8) is 0 Å². The van der Waals surface area contributed by atoms with Crippen molar-refractivity contribution in [2.24, 2.45) is 0 Å². The van der Waals surface area contributed by atoms with Crippen molar-refractivity contribution >= 4 is 17.5 Å². The fourth-order valence-electron chi connectivity index (χ4n) is 3.49. The number of amides is 2. The van der Waals surface area contributed by atoms with E-state index >= 15 is 0 Å². The van der Waals surface area contributed by atoms with Crippen LogP contribution >= 0.6 is 0 Å². The van der Waals surface area contributed by atoms with Crippen LogP contribution in [0.5, 0.6) is 0 Å². The number of para-hydroxylation sites is 1. The van der Waals surface area contributed by atoms with Crippen molar-refractivity contribution in [3.8, 4) is 0 Å². The molecule has 0 saturated heterocycles.